The van der Waals surface area contributed by atoms with Gasteiger partial charge in [0.2, 0.25) is 10.0 Å². The van der Waals surface area contributed by atoms with E-state index in [1.54, 1.807) is 12.1 Å². The van der Waals surface area contributed by atoms with Crippen LogP contribution in [0.5, 0.6) is 5.75 Å². The van der Waals surface area contributed by atoms with Crippen LogP contribution in [0.3, 0.4) is 0 Å². The van der Waals surface area contributed by atoms with Crippen LogP contribution in [-0.4, -0.2) is 44.5 Å². The van der Waals surface area contributed by atoms with Gasteiger partial charge in [0, 0.05) is 25.2 Å². The van der Waals surface area contributed by atoms with Crippen molar-refractivity contribution < 1.29 is 31.1 Å². The van der Waals surface area contributed by atoms with Gasteiger partial charge in [0.05, 0.1) is 4.90 Å². The van der Waals surface area contributed by atoms with E-state index in [0.717, 1.165) is 12.8 Å². The van der Waals surface area contributed by atoms with E-state index in [1.165, 1.54) is 40.7 Å². The first kappa shape index (κ1) is 22.1. The molecule has 1 aliphatic rings. The lowest BCUT2D eigenvalue weighted by molar-refractivity contribution is -0.153. The summed E-state index contributed by atoms with van der Waals surface area (Å²) < 4.78 is 67.5. The Kier molecular flexibility index (Phi) is 6.67. The third-order valence-corrected chi connectivity index (χ3v) is 6.51. The minimum atomic E-state index is -4.41. The van der Waals surface area contributed by atoms with Crippen molar-refractivity contribution in [2.45, 2.75) is 30.5 Å². The Morgan fingerprint density at radius 2 is 1.60 bits per heavy atom. The highest BCUT2D eigenvalue weighted by molar-refractivity contribution is 7.89. The van der Waals surface area contributed by atoms with Gasteiger partial charge in [-0.25, -0.2) is 8.42 Å². The van der Waals surface area contributed by atoms with Gasteiger partial charge in [-0.1, -0.05) is 12.1 Å². The first-order valence-corrected chi connectivity index (χ1v) is 10.8. The van der Waals surface area contributed by atoms with Crippen molar-refractivity contribution in [3.05, 3.63) is 59.7 Å². The highest BCUT2D eigenvalue weighted by atomic mass is 32.2. The van der Waals surface area contributed by atoms with Crippen LogP contribution in [0.1, 0.15) is 28.8 Å². The number of carbonyl (C=O) groups is 1. The van der Waals surface area contributed by atoms with Crippen LogP contribution >= 0.6 is 0 Å². The van der Waals surface area contributed by atoms with E-state index in [1.807, 2.05) is 0 Å². The summed E-state index contributed by atoms with van der Waals surface area (Å²) in [6.07, 6.45) is -2.72. The van der Waals surface area contributed by atoms with E-state index >= 15 is 0 Å². The van der Waals surface area contributed by atoms with Crippen LogP contribution in [0.15, 0.2) is 53.4 Å². The van der Waals surface area contributed by atoms with E-state index in [4.69, 9.17) is 0 Å². The highest BCUT2D eigenvalue weighted by Crippen LogP contribution is 2.21. The van der Waals surface area contributed by atoms with E-state index in [2.05, 4.69) is 10.1 Å². The quantitative estimate of drug-likeness (QED) is 0.714. The molecule has 10 heteroatoms. The zero-order valence-corrected chi connectivity index (χ0v) is 16.8. The molecule has 0 aromatic heterocycles. The second kappa shape index (κ2) is 9.05. The average Bonchev–Trinajstić information content (AvgIpc) is 3.26. The van der Waals surface area contributed by atoms with Crippen LogP contribution in [0.2, 0.25) is 0 Å². The number of hydrogen-bond acceptors (Lipinski definition) is 4. The monoisotopic (exact) mass is 442 g/mol. The molecule has 1 N–H and O–H groups in total. The van der Waals surface area contributed by atoms with Gasteiger partial charge in [0.1, 0.15) is 5.75 Å². The molecule has 6 nitrogen and oxygen atoms in total. The molecule has 0 atom stereocenters. The molecule has 2 aromatic rings. The van der Waals surface area contributed by atoms with Gasteiger partial charge in [-0.15, -0.1) is 0 Å². The molecule has 2 aromatic carbocycles. The zero-order valence-electron chi connectivity index (χ0n) is 16.0. The number of sulfonamides is 1. The summed E-state index contributed by atoms with van der Waals surface area (Å²) in [6.45, 7) is -0.200. The molecular formula is C20H21F3N2O4S. The van der Waals surface area contributed by atoms with Gasteiger partial charge in [-0.3, -0.25) is 4.79 Å². The molecule has 30 heavy (non-hydrogen) atoms. The minimum absolute atomic E-state index is 0.0807. The second-order valence-electron chi connectivity index (χ2n) is 6.87. The van der Waals surface area contributed by atoms with Crippen LogP contribution in [0.25, 0.3) is 0 Å². The summed E-state index contributed by atoms with van der Waals surface area (Å²) in [5.74, 6) is -0.310. The molecule has 0 radical (unpaired) electrons. The van der Waals surface area contributed by atoms with E-state index in [9.17, 15) is 26.4 Å². The topological polar surface area (TPSA) is 75.7 Å². The van der Waals surface area contributed by atoms with E-state index < -0.39 is 28.7 Å². The van der Waals surface area contributed by atoms with Gasteiger partial charge in [-0.05, 0) is 54.8 Å². The van der Waals surface area contributed by atoms with Crippen molar-refractivity contribution in [3.63, 3.8) is 0 Å². The van der Waals surface area contributed by atoms with Crippen molar-refractivity contribution in [1.82, 2.24) is 9.62 Å². The molecule has 1 fully saturated rings. The van der Waals surface area contributed by atoms with Gasteiger partial charge in [-0.2, -0.15) is 17.5 Å². The summed E-state index contributed by atoms with van der Waals surface area (Å²) in [5, 5.41) is 2.68. The maximum Gasteiger partial charge on any atom is 0.422 e. The number of amides is 1. The second-order valence-corrected chi connectivity index (χ2v) is 8.80. The van der Waals surface area contributed by atoms with Crippen molar-refractivity contribution in [2.24, 2.45) is 0 Å². The largest absolute Gasteiger partial charge is 0.484 e. The smallest absolute Gasteiger partial charge is 0.422 e. The Labute approximate surface area is 172 Å². The average molecular weight is 442 g/mol. The minimum Gasteiger partial charge on any atom is -0.484 e. The number of nitrogens with one attached hydrogen (secondary N) is 1. The molecular weight excluding hydrogens is 421 g/mol. The van der Waals surface area contributed by atoms with E-state index in [-0.39, 0.29) is 17.2 Å². The summed E-state index contributed by atoms with van der Waals surface area (Å²) >= 11 is 0. The number of nitrogens with zero attached hydrogens (tertiary/aromatic N) is 1. The molecule has 0 saturated carbocycles. The Morgan fingerprint density at radius 1 is 1.00 bits per heavy atom. The molecule has 0 unspecified atom stereocenters. The van der Waals surface area contributed by atoms with Gasteiger partial charge < -0.3 is 10.1 Å². The van der Waals surface area contributed by atoms with Crippen LogP contribution < -0.4 is 10.1 Å². The molecule has 1 heterocycles. The SMILES string of the molecule is O=C(NCc1ccc(OCC(F)(F)F)cc1)c1ccc(S(=O)(=O)N2CCCC2)cc1. The Morgan fingerprint density at radius 3 is 2.17 bits per heavy atom. The van der Waals surface area contributed by atoms with Gasteiger partial charge in [0.25, 0.3) is 5.91 Å². The van der Waals surface area contributed by atoms with Crippen molar-refractivity contribution in [1.29, 1.82) is 0 Å². The molecule has 1 saturated heterocycles. The van der Waals surface area contributed by atoms with Crippen LogP contribution in [-0.2, 0) is 16.6 Å². The van der Waals surface area contributed by atoms with Crippen LogP contribution in [0.4, 0.5) is 13.2 Å². The van der Waals surface area contributed by atoms with Crippen molar-refractivity contribution in [3.8, 4) is 5.75 Å². The molecule has 0 aliphatic carbocycles. The number of benzene rings is 2. The molecule has 1 aliphatic heterocycles. The molecule has 0 spiro atoms. The predicted octanol–water partition coefficient (Wildman–Crippen LogP) is 3.34. The predicted molar refractivity (Wildman–Crippen MR) is 104 cm³/mol. The fraction of sp³-hybridized carbons (Fsp3) is 0.350. The maximum absolute atomic E-state index is 12.5. The highest BCUT2D eigenvalue weighted by Gasteiger charge is 2.28. The third kappa shape index (κ3) is 5.73. The summed E-state index contributed by atoms with van der Waals surface area (Å²) in [4.78, 5) is 12.4. The zero-order chi connectivity index (χ0) is 21.8. The third-order valence-electron chi connectivity index (χ3n) is 4.60. The molecule has 3 rings (SSSR count). The molecule has 162 valence electrons. The Hall–Kier alpha value is -2.59. The van der Waals surface area contributed by atoms with Crippen molar-refractivity contribution in [2.75, 3.05) is 19.7 Å². The first-order chi connectivity index (χ1) is 14.1. The summed E-state index contributed by atoms with van der Waals surface area (Å²) in [6, 6.07) is 11.6. The van der Waals surface area contributed by atoms with Crippen LogP contribution in [0, 0.1) is 0 Å². The van der Waals surface area contributed by atoms with Crippen molar-refractivity contribution >= 4 is 15.9 Å². The fourth-order valence-corrected chi connectivity index (χ4v) is 4.53. The number of alkyl halides is 3. The number of ether oxygens (including phenoxy) is 1. The molecule has 0 bridgehead atoms. The Balaban J connectivity index is 1.55. The standard InChI is InChI=1S/C20H21F3N2O4S/c21-20(22,23)14-29-17-7-3-15(4-8-17)13-24-19(26)16-5-9-18(10-6-16)30(27,28)25-11-1-2-12-25/h3-10H,1-2,11-14H2,(H,24,26). The van der Waals surface area contributed by atoms with E-state index in [0.29, 0.717) is 24.2 Å². The number of carbonyl (C=O) groups excluding carboxylic acids is 1. The number of halogens is 3. The lowest BCUT2D eigenvalue weighted by atomic mass is 10.2. The number of hydrogen-bond donors (Lipinski definition) is 1. The maximum atomic E-state index is 12.5. The number of rotatable bonds is 7. The summed E-state index contributed by atoms with van der Waals surface area (Å²) in [7, 11) is -3.54. The van der Waals surface area contributed by atoms with Gasteiger partial charge >= 0.3 is 6.18 Å². The molecule has 1 amide bonds. The Bertz CT molecular complexity index is 969. The summed E-state index contributed by atoms with van der Waals surface area (Å²) in [5.41, 5.74) is 0.983. The lowest BCUT2D eigenvalue weighted by Gasteiger charge is -2.15. The van der Waals surface area contributed by atoms with Gasteiger partial charge in [0.15, 0.2) is 6.61 Å². The normalized spacial score (nSPS) is 15.2. The first-order valence-electron chi connectivity index (χ1n) is 9.32. The lowest BCUT2D eigenvalue weighted by Crippen LogP contribution is -2.28. The fourth-order valence-electron chi connectivity index (χ4n) is 3.01.